The van der Waals surface area contributed by atoms with Crippen molar-refractivity contribution < 1.29 is 4.39 Å². The van der Waals surface area contributed by atoms with Gasteiger partial charge < -0.3 is 5.73 Å². The zero-order valence-corrected chi connectivity index (χ0v) is 4.97. The Morgan fingerprint density at radius 1 is 1.75 bits per heavy atom. The quantitative estimate of drug-likeness (QED) is 0.452. The Morgan fingerprint density at radius 3 is 2.50 bits per heavy atom. The average molecular weight is 118 g/mol. The third-order valence-electron chi connectivity index (χ3n) is 1.59. The number of nitrogens with two attached hydrogens (primary N) is 1. The molecule has 1 rings (SSSR count). The molecule has 2 atom stereocenters. The summed E-state index contributed by atoms with van der Waals surface area (Å²) in [5.74, 6) is 0. The first-order valence-corrected chi connectivity index (χ1v) is 2.81. The van der Waals surface area contributed by atoms with Gasteiger partial charge in [0, 0.05) is 6.54 Å². The van der Waals surface area contributed by atoms with E-state index in [1.807, 2.05) is 0 Å². The van der Waals surface area contributed by atoms with Crippen LogP contribution in [0.25, 0.3) is 0 Å². The smallest absolute Gasteiger partial charge is 0.168 e. The largest absolute Gasteiger partial charge is 0.324 e. The van der Waals surface area contributed by atoms with Crippen molar-refractivity contribution in [1.82, 2.24) is 4.90 Å². The molecule has 0 aromatic heterocycles. The molecule has 2 N–H and O–H groups in total. The van der Waals surface area contributed by atoms with Crippen LogP contribution in [-0.2, 0) is 0 Å². The van der Waals surface area contributed by atoms with E-state index in [-0.39, 0.29) is 6.04 Å². The second-order valence-electron chi connectivity index (χ2n) is 2.31. The monoisotopic (exact) mass is 118 g/mol. The minimum atomic E-state index is -0.907. The van der Waals surface area contributed by atoms with Gasteiger partial charge in [-0.3, -0.25) is 4.90 Å². The molecule has 1 aliphatic heterocycles. The third kappa shape index (κ3) is 0.833. The van der Waals surface area contributed by atoms with E-state index in [4.69, 9.17) is 5.73 Å². The Bertz CT molecular complexity index is 76.5. The zero-order chi connectivity index (χ0) is 6.15. The first-order valence-electron chi connectivity index (χ1n) is 2.81. The number of halogens is 1. The highest BCUT2D eigenvalue weighted by molar-refractivity contribution is 4.79. The predicted molar refractivity (Wildman–Crippen MR) is 30.1 cm³/mol. The summed E-state index contributed by atoms with van der Waals surface area (Å²) in [5, 5.41) is 0. The number of hydrogen-bond acceptors (Lipinski definition) is 2. The van der Waals surface area contributed by atoms with Gasteiger partial charge in [-0.25, -0.2) is 4.39 Å². The third-order valence-corrected chi connectivity index (χ3v) is 1.59. The van der Waals surface area contributed by atoms with E-state index in [9.17, 15) is 4.39 Å². The summed E-state index contributed by atoms with van der Waals surface area (Å²) < 4.78 is 12.5. The van der Waals surface area contributed by atoms with Gasteiger partial charge in [0.2, 0.25) is 0 Å². The highest BCUT2D eigenvalue weighted by atomic mass is 19.1. The van der Waals surface area contributed by atoms with Crippen molar-refractivity contribution in [3.63, 3.8) is 0 Å². The van der Waals surface area contributed by atoms with E-state index in [2.05, 4.69) is 0 Å². The summed E-state index contributed by atoms with van der Waals surface area (Å²) in [6.07, 6.45) is -0.118. The van der Waals surface area contributed by atoms with Gasteiger partial charge >= 0.3 is 0 Å². The van der Waals surface area contributed by atoms with Gasteiger partial charge in [0.25, 0.3) is 0 Å². The summed E-state index contributed by atoms with van der Waals surface area (Å²) in [4.78, 5) is 1.63. The molecule has 0 radical (unpaired) electrons. The minimum Gasteiger partial charge on any atom is -0.324 e. The van der Waals surface area contributed by atoms with Crippen LogP contribution in [0.3, 0.4) is 0 Å². The summed E-state index contributed by atoms with van der Waals surface area (Å²) in [5.41, 5.74) is 5.35. The van der Waals surface area contributed by atoms with Crippen molar-refractivity contribution in [1.29, 1.82) is 0 Å². The van der Waals surface area contributed by atoms with Crippen LogP contribution in [0.15, 0.2) is 0 Å². The Labute approximate surface area is 48.5 Å². The molecule has 8 heavy (non-hydrogen) atoms. The lowest BCUT2D eigenvalue weighted by molar-refractivity contribution is 0.144. The number of alkyl halides is 1. The van der Waals surface area contributed by atoms with Gasteiger partial charge in [-0.1, -0.05) is 0 Å². The maximum atomic E-state index is 12.5. The van der Waals surface area contributed by atoms with Gasteiger partial charge in [-0.2, -0.15) is 0 Å². The van der Waals surface area contributed by atoms with Crippen LogP contribution in [0.2, 0.25) is 0 Å². The molecule has 1 aliphatic rings. The van der Waals surface area contributed by atoms with E-state index in [1.54, 1.807) is 11.9 Å². The van der Waals surface area contributed by atoms with Gasteiger partial charge in [0.05, 0.1) is 6.04 Å². The fourth-order valence-electron chi connectivity index (χ4n) is 0.940. The maximum absolute atomic E-state index is 12.5. The second-order valence-corrected chi connectivity index (χ2v) is 2.31. The van der Waals surface area contributed by atoms with Gasteiger partial charge in [-0.15, -0.1) is 0 Å². The summed E-state index contributed by atoms with van der Waals surface area (Å²) in [6, 6.07) is -0.250. The molecule has 2 unspecified atom stereocenters. The lowest BCUT2D eigenvalue weighted by Crippen LogP contribution is -2.33. The van der Waals surface area contributed by atoms with Crippen molar-refractivity contribution >= 4 is 0 Å². The molecule has 3 heteroatoms. The number of likely N-dealkylation sites (N-methyl/N-ethyl adjacent to an activating group) is 1. The van der Waals surface area contributed by atoms with E-state index >= 15 is 0 Å². The lowest BCUT2D eigenvalue weighted by atomic mass is 10.3. The molecular formula is C5H11FN2. The normalized spacial score (nSPS) is 40.9. The van der Waals surface area contributed by atoms with Gasteiger partial charge in [0.1, 0.15) is 0 Å². The van der Waals surface area contributed by atoms with Crippen LogP contribution in [0.5, 0.6) is 0 Å². The average Bonchev–Trinajstić information content (AvgIpc) is 1.98. The number of hydrogen-bond donors (Lipinski definition) is 1. The molecule has 48 valence electrons. The Morgan fingerprint density at radius 2 is 2.38 bits per heavy atom. The van der Waals surface area contributed by atoms with E-state index in [0.717, 1.165) is 13.0 Å². The standard InChI is InChI=1S/C5H11FN2/c1-8-3-2-4(7)5(8)6/h4-5H,2-3,7H2,1H3. The maximum Gasteiger partial charge on any atom is 0.168 e. The molecule has 0 amide bonds. The van der Waals surface area contributed by atoms with Crippen LogP contribution in [0, 0.1) is 0 Å². The molecule has 0 aromatic carbocycles. The molecule has 1 saturated heterocycles. The van der Waals surface area contributed by atoms with E-state index < -0.39 is 6.30 Å². The first-order chi connectivity index (χ1) is 3.72. The Hall–Kier alpha value is -0.150. The molecule has 0 saturated carbocycles. The molecule has 2 nitrogen and oxygen atoms in total. The number of rotatable bonds is 0. The van der Waals surface area contributed by atoms with E-state index in [1.165, 1.54) is 0 Å². The number of likely N-dealkylation sites (tertiary alicyclic amines) is 1. The van der Waals surface area contributed by atoms with Crippen molar-refractivity contribution in [3.05, 3.63) is 0 Å². The van der Waals surface area contributed by atoms with E-state index in [0.29, 0.717) is 0 Å². The molecule has 0 bridgehead atoms. The molecule has 0 aliphatic carbocycles. The fourth-order valence-corrected chi connectivity index (χ4v) is 0.940. The number of nitrogens with zero attached hydrogens (tertiary/aromatic N) is 1. The molecule has 1 heterocycles. The highest BCUT2D eigenvalue weighted by Gasteiger charge is 2.27. The Balaban J connectivity index is 2.44. The van der Waals surface area contributed by atoms with Crippen LogP contribution >= 0.6 is 0 Å². The summed E-state index contributed by atoms with van der Waals surface area (Å²) >= 11 is 0. The minimum absolute atomic E-state index is 0.250. The van der Waals surface area contributed by atoms with Crippen molar-refractivity contribution in [2.45, 2.75) is 18.8 Å². The molecule has 0 spiro atoms. The highest BCUT2D eigenvalue weighted by Crippen LogP contribution is 2.13. The Kier molecular flexibility index (Phi) is 1.49. The summed E-state index contributed by atoms with van der Waals surface area (Å²) in [7, 11) is 1.75. The van der Waals surface area contributed by atoms with Crippen molar-refractivity contribution in [2.75, 3.05) is 13.6 Å². The van der Waals surface area contributed by atoms with Crippen LogP contribution < -0.4 is 5.73 Å². The van der Waals surface area contributed by atoms with Crippen molar-refractivity contribution in [3.8, 4) is 0 Å². The van der Waals surface area contributed by atoms with Crippen LogP contribution in [-0.4, -0.2) is 30.8 Å². The summed E-state index contributed by atoms with van der Waals surface area (Å²) in [6.45, 7) is 0.794. The second kappa shape index (κ2) is 1.99. The zero-order valence-electron chi connectivity index (χ0n) is 4.97. The first kappa shape index (κ1) is 5.98. The predicted octanol–water partition coefficient (Wildman–Crippen LogP) is -0.0552. The SMILES string of the molecule is CN1CCC(N)C1F. The van der Waals surface area contributed by atoms with Gasteiger partial charge in [-0.05, 0) is 13.5 Å². The molecule has 0 aromatic rings. The molecular weight excluding hydrogens is 107 g/mol. The van der Waals surface area contributed by atoms with Crippen LogP contribution in [0.4, 0.5) is 4.39 Å². The topological polar surface area (TPSA) is 29.3 Å². The van der Waals surface area contributed by atoms with Crippen LogP contribution in [0.1, 0.15) is 6.42 Å². The lowest BCUT2D eigenvalue weighted by Gasteiger charge is -2.11. The molecule has 1 fully saturated rings. The fraction of sp³-hybridized carbons (Fsp3) is 1.00. The van der Waals surface area contributed by atoms with Crippen molar-refractivity contribution in [2.24, 2.45) is 5.73 Å². The van der Waals surface area contributed by atoms with Gasteiger partial charge in [0.15, 0.2) is 6.30 Å².